The Morgan fingerprint density at radius 1 is 1.28 bits per heavy atom. The van der Waals surface area contributed by atoms with Crippen LogP contribution in [-0.2, 0) is 17.9 Å². The van der Waals surface area contributed by atoms with Gasteiger partial charge in [-0.25, -0.2) is 4.98 Å². The van der Waals surface area contributed by atoms with E-state index in [1.807, 2.05) is 47.8 Å². The highest BCUT2D eigenvalue weighted by Crippen LogP contribution is 2.31. The third-order valence-electron chi connectivity index (χ3n) is 5.21. The van der Waals surface area contributed by atoms with E-state index in [4.69, 9.17) is 4.74 Å². The lowest BCUT2D eigenvalue weighted by Crippen LogP contribution is -2.49. The predicted octanol–water partition coefficient (Wildman–Crippen LogP) is 1.83. The van der Waals surface area contributed by atoms with E-state index in [2.05, 4.69) is 9.55 Å². The Bertz CT molecular complexity index is 725. The molecule has 1 N–H and O–H groups in total. The van der Waals surface area contributed by atoms with Crippen molar-refractivity contribution in [3.63, 3.8) is 0 Å². The number of aromatic nitrogens is 2. The van der Waals surface area contributed by atoms with Crippen LogP contribution in [0.25, 0.3) is 0 Å². The summed E-state index contributed by atoms with van der Waals surface area (Å²) >= 11 is 0. The number of hydrogen-bond donors (Lipinski definition) is 1. The quantitative estimate of drug-likeness (QED) is 0.921. The van der Waals surface area contributed by atoms with Crippen molar-refractivity contribution < 1.29 is 14.6 Å². The Hall–Kier alpha value is -2.34. The molecule has 1 amide bonds. The number of amides is 1. The first-order valence-electron chi connectivity index (χ1n) is 8.86. The number of ether oxygens (including phenoxy) is 1. The van der Waals surface area contributed by atoms with Crippen LogP contribution in [0, 0.1) is 5.92 Å². The minimum Gasteiger partial charge on any atom is -0.491 e. The zero-order chi connectivity index (χ0) is 17.2. The van der Waals surface area contributed by atoms with E-state index in [9.17, 15) is 9.90 Å². The van der Waals surface area contributed by atoms with E-state index in [0.717, 1.165) is 24.4 Å². The Morgan fingerprint density at radius 2 is 2.08 bits per heavy atom. The van der Waals surface area contributed by atoms with Crippen molar-refractivity contribution in [1.29, 1.82) is 0 Å². The molecule has 1 aromatic carbocycles. The van der Waals surface area contributed by atoms with Gasteiger partial charge in [0.15, 0.2) is 0 Å². The minimum atomic E-state index is -0.328. The van der Waals surface area contributed by atoms with Crippen LogP contribution in [0.4, 0.5) is 0 Å². The Morgan fingerprint density at radius 3 is 2.84 bits per heavy atom. The lowest BCUT2D eigenvalue weighted by Gasteiger charge is -2.37. The van der Waals surface area contributed by atoms with Crippen molar-refractivity contribution in [2.45, 2.75) is 44.5 Å². The highest BCUT2D eigenvalue weighted by atomic mass is 16.5. The first-order chi connectivity index (χ1) is 12.2. The van der Waals surface area contributed by atoms with Crippen LogP contribution in [0.1, 0.15) is 25.0 Å². The molecule has 0 radical (unpaired) electrons. The van der Waals surface area contributed by atoms with Crippen LogP contribution >= 0.6 is 0 Å². The molecule has 0 spiro atoms. The van der Waals surface area contributed by atoms with Crippen molar-refractivity contribution in [2.24, 2.45) is 5.92 Å². The molecule has 6 heteroatoms. The number of imidazole rings is 1. The first kappa shape index (κ1) is 16.1. The summed E-state index contributed by atoms with van der Waals surface area (Å²) in [6.45, 7) is 1.85. The molecule has 2 aliphatic rings. The van der Waals surface area contributed by atoms with Crippen LogP contribution in [0.5, 0.6) is 5.75 Å². The fourth-order valence-corrected chi connectivity index (χ4v) is 3.59. The lowest BCUT2D eigenvalue weighted by molar-refractivity contribution is -0.146. The van der Waals surface area contributed by atoms with Gasteiger partial charge in [0, 0.05) is 18.7 Å². The van der Waals surface area contributed by atoms with Crippen LogP contribution in [0.15, 0.2) is 42.9 Å². The summed E-state index contributed by atoms with van der Waals surface area (Å²) in [5, 5.41) is 9.55. The lowest BCUT2D eigenvalue weighted by atomic mass is 9.81. The molecule has 1 aliphatic heterocycles. The average Bonchev–Trinajstić information content (AvgIpc) is 2.98. The van der Waals surface area contributed by atoms with Crippen LogP contribution in [-0.4, -0.2) is 44.2 Å². The largest absolute Gasteiger partial charge is 0.491 e. The molecule has 6 nitrogen and oxygen atoms in total. The number of aliphatic hydroxyl groups is 1. The smallest absolute Gasteiger partial charge is 0.226 e. The van der Waals surface area contributed by atoms with E-state index in [-0.39, 0.29) is 24.0 Å². The van der Waals surface area contributed by atoms with E-state index in [0.29, 0.717) is 26.0 Å². The van der Waals surface area contributed by atoms with Crippen molar-refractivity contribution in [1.82, 2.24) is 14.5 Å². The molecule has 1 atom stereocenters. The van der Waals surface area contributed by atoms with Crippen molar-refractivity contribution in [3.05, 3.63) is 48.5 Å². The summed E-state index contributed by atoms with van der Waals surface area (Å²) in [5.41, 5.74) is 1.05. The molecule has 1 fully saturated rings. The molecule has 0 saturated heterocycles. The second-order valence-electron chi connectivity index (χ2n) is 6.93. The van der Waals surface area contributed by atoms with Gasteiger partial charge in [-0.3, -0.25) is 4.79 Å². The van der Waals surface area contributed by atoms with Gasteiger partial charge in [0.05, 0.1) is 30.7 Å². The highest BCUT2D eigenvalue weighted by molar-refractivity contribution is 5.80. The maximum Gasteiger partial charge on any atom is 0.226 e. The Balaban J connectivity index is 1.50. The Kier molecular flexibility index (Phi) is 4.44. The SMILES string of the molecule is O=C(C1CC(O)C1)N1Cc2cncn2CCC1COc1ccccc1. The second-order valence-corrected chi connectivity index (χ2v) is 6.93. The fraction of sp³-hybridized carbons (Fsp3) is 0.474. The molecular weight excluding hydrogens is 318 g/mol. The summed E-state index contributed by atoms with van der Waals surface area (Å²) in [6.07, 6.45) is 5.30. The molecule has 0 bridgehead atoms. The van der Waals surface area contributed by atoms with Crippen molar-refractivity contribution >= 4 is 5.91 Å². The number of rotatable bonds is 4. The third kappa shape index (κ3) is 3.39. The van der Waals surface area contributed by atoms with E-state index < -0.39 is 0 Å². The summed E-state index contributed by atoms with van der Waals surface area (Å²) < 4.78 is 8.05. The summed E-state index contributed by atoms with van der Waals surface area (Å²) in [6, 6.07) is 9.72. The van der Waals surface area contributed by atoms with Crippen LogP contribution in [0.2, 0.25) is 0 Å². The second kappa shape index (κ2) is 6.88. The maximum atomic E-state index is 13.0. The molecule has 1 aliphatic carbocycles. The summed E-state index contributed by atoms with van der Waals surface area (Å²) in [4.78, 5) is 19.1. The van der Waals surface area contributed by atoms with E-state index in [1.165, 1.54) is 0 Å². The average molecular weight is 341 g/mol. The number of para-hydroxylation sites is 1. The van der Waals surface area contributed by atoms with Gasteiger partial charge in [0.1, 0.15) is 12.4 Å². The van der Waals surface area contributed by atoms with Gasteiger partial charge in [-0.05, 0) is 31.4 Å². The van der Waals surface area contributed by atoms with Gasteiger partial charge in [-0.1, -0.05) is 18.2 Å². The molecule has 1 unspecified atom stereocenters. The van der Waals surface area contributed by atoms with Gasteiger partial charge in [0.2, 0.25) is 5.91 Å². The number of fused-ring (bicyclic) bond motifs is 1. The van der Waals surface area contributed by atoms with E-state index in [1.54, 1.807) is 0 Å². The van der Waals surface area contributed by atoms with Gasteiger partial charge >= 0.3 is 0 Å². The highest BCUT2D eigenvalue weighted by Gasteiger charge is 2.39. The van der Waals surface area contributed by atoms with Crippen molar-refractivity contribution in [3.8, 4) is 5.75 Å². The number of nitrogens with zero attached hydrogens (tertiary/aromatic N) is 3. The van der Waals surface area contributed by atoms with Gasteiger partial charge in [-0.15, -0.1) is 0 Å². The number of benzene rings is 1. The van der Waals surface area contributed by atoms with Crippen molar-refractivity contribution in [2.75, 3.05) is 6.61 Å². The molecular formula is C19H23N3O3. The monoisotopic (exact) mass is 341 g/mol. The summed E-state index contributed by atoms with van der Waals surface area (Å²) in [5.74, 6) is 0.879. The number of carbonyl (C=O) groups is 1. The predicted molar refractivity (Wildman–Crippen MR) is 91.8 cm³/mol. The normalized spacial score (nSPS) is 25.6. The zero-order valence-electron chi connectivity index (χ0n) is 14.1. The van der Waals surface area contributed by atoms with Gasteiger partial charge in [-0.2, -0.15) is 0 Å². The fourth-order valence-electron chi connectivity index (χ4n) is 3.59. The maximum absolute atomic E-state index is 13.0. The standard InChI is InChI=1S/C19H23N3O3/c23-17-8-14(9-17)19(24)22-11-16-10-20-13-21(16)7-6-15(22)12-25-18-4-2-1-3-5-18/h1-5,10,13-15,17,23H,6-9,11-12H2. The van der Waals surface area contributed by atoms with Gasteiger partial charge in [0.25, 0.3) is 0 Å². The molecule has 4 rings (SSSR count). The molecule has 2 aromatic rings. The van der Waals surface area contributed by atoms with E-state index >= 15 is 0 Å². The first-order valence-corrected chi connectivity index (χ1v) is 8.86. The topological polar surface area (TPSA) is 67.6 Å². The number of aryl methyl sites for hydroxylation is 1. The summed E-state index contributed by atoms with van der Waals surface area (Å²) in [7, 11) is 0. The minimum absolute atomic E-state index is 0.0188. The molecule has 132 valence electrons. The number of carbonyl (C=O) groups excluding carboxylic acids is 1. The third-order valence-corrected chi connectivity index (χ3v) is 5.21. The van der Waals surface area contributed by atoms with Gasteiger partial charge < -0.3 is 19.3 Å². The zero-order valence-corrected chi connectivity index (χ0v) is 14.1. The Labute approximate surface area is 147 Å². The number of hydrogen-bond acceptors (Lipinski definition) is 4. The molecule has 1 saturated carbocycles. The number of aliphatic hydroxyl groups excluding tert-OH is 1. The van der Waals surface area contributed by atoms with Crippen LogP contribution in [0.3, 0.4) is 0 Å². The molecule has 1 aromatic heterocycles. The molecule has 25 heavy (non-hydrogen) atoms. The molecule has 2 heterocycles. The van der Waals surface area contributed by atoms with Crippen LogP contribution < -0.4 is 4.74 Å².